The maximum Gasteiger partial charge on any atom is 0.408 e. The van der Waals surface area contributed by atoms with Gasteiger partial charge in [-0.05, 0) is 82.6 Å². The summed E-state index contributed by atoms with van der Waals surface area (Å²) in [7, 11) is 0. The highest BCUT2D eigenvalue weighted by Gasteiger charge is 2.45. The molecule has 36 heavy (non-hydrogen) atoms. The van der Waals surface area contributed by atoms with Gasteiger partial charge in [0.2, 0.25) is 11.8 Å². The molecule has 0 aromatic heterocycles. The van der Waals surface area contributed by atoms with Crippen molar-refractivity contribution in [3.8, 4) is 5.75 Å². The van der Waals surface area contributed by atoms with Crippen molar-refractivity contribution < 1.29 is 24.2 Å². The highest BCUT2D eigenvalue weighted by Crippen LogP contribution is 2.37. The number of alkyl carbamates (subject to hydrolysis) is 1. The molecule has 3 amide bonds. The van der Waals surface area contributed by atoms with Crippen LogP contribution in [0.15, 0.2) is 18.2 Å². The summed E-state index contributed by atoms with van der Waals surface area (Å²) in [4.78, 5) is 42.1. The number of ether oxygens (including phenoxy) is 1. The van der Waals surface area contributed by atoms with E-state index >= 15 is 0 Å². The molecule has 2 aliphatic carbocycles. The molecule has 8 heteroatoms. The molecule has 0 radical (unpaired) electrons. The van der Waals surface area contributed by atoms with Crippen LogP contribution in [0.4, 0.5) is 4.79 Å². The SMILES string of the molecule is Cc1cc(C(C(=O)NC2CCCCC2)N(C(=O)C(NC(=O)OC(C)(C)C)C(C)C)C2CC2)ccc1O. The highest BCUT2D eigenvalue weighted by atomic mass is 16.6. The fourth-order valence-electron chi connectivity index (χ4n) is 4.79. The molecule has 1 aromatic carbocycles. The molecule has 1 aromatic rings. The third kappa shape index (κ3) is 7.37. The smallest absolute Gasteiger partial charge is 0.408 e. The Morgan fingerprint density at radius 2 is 1.69 bits per heavy atom. The van der Waals surface area contributed by atoms with E-state index in [0.717, 1.165) is 38.5 Å². The summed E-state index contributed by atoms with van der Waals surface area (Å²) in [5.74, 6) is -0.587. The molecule has 0 spiro atoms. The van der Waals surface area contributed by atoms with Crippen molar-refractivity contribution in [3.05, 3.63) is 29.3 Å². The van der Waals surface area contributed by atoms with Gasteiger partial charge in [0.1, 0.15) is 23.4 Å². The van der Waals surface area contributed by atoms with Gasteiger partial charge in [0, 0.05) is 12.1 Å². The number of carbonyl (C=O) groups excluding carboxylic acids is 3. The minimum Gasteiger partial charge on any atom is -0.508 e. The predicted molar refractivity (Wildman–Crippen MR) is 138 cm³/mol. The van der Waals surface area contributed by atoms with Crippen LogP contribution in [0.5, 0.6) is 5.75 Å². The average molecular weight is 502 g/mol. The quantitative estimate of drug-likeness (QED) is 0.477. The normalized spacial score (nSPS) is 18.3. The zero-order chi connectivity index (χ0) is 26.6. The molecule has 2 unspecified atom stereocenters. The second-order valence-electron chi connectivity index (χ2n) is 11.6. The van der Waals surface area contributed by atoms with Gasteiger partial charge in [-0.3, -0.25) is 9.59 Å². The molecular formula is C28H43N3O5. The predicted octanol–water partition coefficient (Wildman–Crippen LogP) is 4.73. The number of benzene rings is 1. The number of nitrogens with zero attached hydrogens (tertiary/aromatic N) is 1. The van der Waals surface area contributed by atoms with Crippen molar-refractivity contribution in [1.29, 1.82) is 0 Å². The fourth-order valence-corrected chi connectivity index (χ4v) is 4.79. The Bertz CT molecular complexity index is 945. The van der Waals surface area contributed by atoms with Gasteiger partial charge in [-0.2, -0.15) is 0 Å². The summed E-state index contributed by atoms with van der Waals surface area (Å²) in [6, 6.07) is 3.35. The molecule has 0 heterocycles. The van der Waals surface area contributed by atoms with Gasteiger partial charge in [0.25, 0.3) is 0 Å². The Balaban J connectivity index is 1.94. The van der Waals surface area contributed by atoms with Crippen LogP contribution < -0.4 is 10.6 Å². The van der Waals surface area contributed by atoms with Crippen LogP contribution in [0, 0.1) is 12.8 Å². The molecule has 3 rings (SSSR count). The lowest BCUT2D eigenvalue weighted by atomic mass is 9.94. The van der Waals surface area contributed by atoms with E-state index in [1.807, 2.05) is 13.8 Å². The van der Waals surface area contributed by atoms with Crippen LogP contribution in [-0.2, 0) is 14.3 Å². The van der Waals surface area contributed by atoms with Crippen LogP contribution in [-0.4, -0.2) is 51.6 Å². The number of rotatable bonds is 8. The monoisotopic (exact) mass is 501 g/mol. The molecule has 0 bridgehead atoms. The van der Waals surface area contributed by atoms with E-state index in [1.165, 1.54) is 6.42 Å². The van der Waals surface area contributed by atoms with E-state index in [2.05, 4.69) is 10.6 Å². The van der Waals surface area contributed by atoms with E-state index in [1.54, 1.807) is 50.8 Å². The topological polar surface area (TPSA) is 108 Å². The summed E-state index contributed by atoms with van der Waals surface area (Å²) in [6.45, 7) is 10.8. The largest absolute Gasteiger partial charge is 0.508 e. The number of aromatic hydroxyl groups is 1. The first-order valence-corrected chi connectivity index (χ1v) is 13.3. The molecule has 2 fully saturated rings. The minimum atomic E-state index is -0.854. The number of phenolic OH excluding ortho intramolecular Hbond substituents is 1. The van der Waals surface area contributed by atoms with Crippen LogP contribution in [0.25, 0.3) is 0 Å². The van der Waals surface area contributed by atoms with Gasteiger partial charge in [0.15, 0.2) is 0 Å². The summed E-state index contributed by atoms with van der Waals surface area (Å²) >= 11 is 0. The fraction of sp³-hybridized carbons (Fsp3) is 0.679. The van der Waals surface area contributed by atoms with Gasteiger partial charge in [-0.1, -0.05) is 39.2 Å². The number of nitrogens with one attached hydrogen (secondary N) is 2. The number of aryl methyl sites for hydroxylation is 1. The molecule has 2 aliphatic rings. The molecule has 2 saturated carbocycles. The number of amides is 3. The lowest BCUT2D eigenvalue weighted by molar-refractivity contribution is -0.144. The van der Waals surface area contributed by atoms with Crippen molar-refractivity contribution in [2.75, 3.05) is 0 Å². The third-order valence-electron chi connectivity index (χ3n) is 6.81. The van der Waals surface area contributed by atoms with Gasteiger partial charge in [0.05, 0.1) is 0 Å². The maximum absolute atomic E-state index is 14.1. The molecular weight excluding hydrogens is 458 g/mol. The molecule has 200 valence electrons. The summed E-state index contributed by atoms with van der Waals surface area (Å²) in [6.07, 6.45) is 6.13. The Labute approximate surface area is 215 Å². The van der Waals surface area contributed by atoms with E-state index in [9.17, 15) is 19.5 Å². The second kappa shape index (κ2) is 11.5. The first-order chi connectivity index (χ1) is 16.9. The zero-order valence-electron chi connectivity index (χ0n) is 22.6. The van der Waals surface area contributed by atoms with E-state index in [0.29, 0.717) is 11.1 Å². The number of hydrogen-bond donors (Lipinski definition) is 3. The lowest BCUT2D eigenvalue weighted by Crippen LogP contribution is -2.56. The van der Waals surface area contributed by atoms with Crippen LogP contribution >= 0.6 is 0 Å². The standard InChI is InChI=1S/C28H43N3O5/c1-17(2)23(30-27(35)36-28(4,5)6)26(34)31(21-13-14-21)24(19-12-15-22(32)18(3)16-19)25(33)29-20-10-8-7-9-11-20/h12,15-17,20-21,23-24,32H,7-11,13-14H2,1-6H3,(H,29,33)(H,30,35). The van der Waals surface area contributed by atoms with E-state index in [-0.39, 0.29) is 35.6 Å². The van der Waals surface area contributed by atoms with Crippen LogP contribution in [0.3, 0.4) is 0 Å². The van der Waals surface area contributed by atoms with Crippen LogP contribution in [0.1, 0.15) is 96.7 Å². The molecule has 2 atom stereocenters. The summed E-state index contributed by atoms with van der Waals surface area (Å²) in [5, 5.41) is 16.1. The highest BCUT2D eigenvalue weighted by molar-refractivity contribution is 5.93. The van der Waals surface area contributed by atoms with E-state index in [4.69, 9.17) is 4.74 Å². The Morgan fingerprint density at radius 1 is 1.06 bits per heavy atom. The van der Waals surface area contributed by atoms with Crippen molar-refractivity contribution in [2.45, 2.75) is 116 Å². The van der Waals surface area contributed by atoms with Crippen molar-refractivity contribution in [1.82, 2.24) is 15.5 Å². The van der Waals surface area contributed by atoms with Crippen molar-refractivity contribution in [2.24, 2.45) is 5.92 Å². The average Bonchev–Trinajstić information content (AvgIpc) is 3.61. The van der Waals surface area contributed by atoms with Crippen molar-refractivity contribution >= 4 is 17.9 Å². The maximum atomic E-state index is 14.1. The molecule has 0 saturated heterocycles. The first-order valence-electron chi connectivity index (χ1n) is 13.3. The number of hydrogen-bond acceptors (Lipinski definition) is 5. The lowest BCUT2D eigenvalue weighted by Gasteiger charge is -2.37. The number of phenols is 1. The van der Waals surface area contributed by atoms with Gasteiger partial charge in [-0.25, -0.2) is 4.79 Å². The second-order valence-corrected chi connectivity index (χ2v) is 11.6. The van der Waals surface area contributed by atoms with E-state index < -0.39 is 23.8 Å². The van der Waals surface area contributed by atoms with Gasteiger partial charge in [-0.15, -0.1) is 0 Å². The molecule has 8 nitrogen and oxygen atoms in total. The van der Waals surface area contributed by atoms with Crippen LogP contribution in [0.2, 0.25) is 0 Å². The minimum absolute atomic E-state index is 0.0869. The zero-order valence-corrected chi connectivity index (χ0v) is 22.6. The van der Waals surface area contributed by atoms with Crippen molar-refractivity contribution in [3.63, 3.8) is 0 Å². The van der Waals surface area contributed by atoms with Gasteiger partial charge < -0.3 is 25.4 Å². The summed E-state index contributed by atoms with van der Waals surface area (Å²) in [5.41, 5.74) is 0.591. The first kappa shape index (κ1) is 27.8. The van der Waals surface area contributed by atoms with Gasteiger partial charge >= 0.3 is 6.09 Å². The Hall–Kier alpha value is -2.77. The molecule has 0 aliphatic heterocycles. The Kier molecular flexibility index (Phi) is 8.90. The summed E-state index contributed by atoms with van der Waals surface area (Å²) < 4.78 is 5.42. The molecule has 3 N–H and O–H groups in total. The Morgan fingerprint density at radius 3 is 2.22 bits per heavy atom. The third-order valence-corrected chi connectivity index (χ3v) is 6.81. The number of carbonyl (C=O) groups is 3.